The molecule has 2 saturated carbocycles. The van der Waals surface area contributed by atoms with Gasteiger partial charge in [-0.1, -0.05) is 0 Å². The summed E-state index contributed by atoms with van der Waals surface area (Å²) in [7, 11) is 2.23. The van der Waals surface area contributed by atoms with Crippen LogP contribution in [0.15, 0.2) is 0 Å². The van der Waals surface area contributed by atoms with Crippen LogP contribution in [0, 0.1) is 11.8 Å². The highest BCUT2D eigenvalue weighted by atomic mass is 32.1. The van der Waals surface area contributed by atoms with Crippen molar-refractivity contribution in [3.8, 4) is 0 Å². The van der Waals surface area contributed by atoms with E-state index in [0.717, 1.165) is 18.4 Å². The average Bonchev–Trinajstić information content (AvgIpc) is 3.16. The molecule has 2 aliphatic carbocycles. The highest BCUT2D eigenvalue weighted by Gasteiger charge is 2.38. The summed E-state index contributed by atoms with van der Waals surface area (Å²) in [5.74, 6) is 1.33. The molecule has 1 N–H and O–H groups in total. The van der Waals surface area contributed by atoms with E-state index in [1.807, 2.05) is 0 Å². The van der Waals surface area contributed by atoms with E-state index in [9.17, 15) is 4.79 Å². The highest BCUT2D eigenvalue weighted by molar-refractivity contribution is 7.80. The molecule has 0 bridgehead atoms. The molecule has 0 aromatic carbocycles. The maximum atomic E-state index is 11.2. The molecule has 2 aliphatic rings. The summed E-state index contributed by atoms with van der Waals surface area (Å²) in [6.45, 7) is 3.88. The van der Waals surface area contributed by atoms with Gasteiger partial charge in [-0.2, -0.15) is 12.6 Å². The fourth-order valence-electron chi connectivity index (χ4n) is 2.82. The van der Waals surface area contributed by atoms with Gasteiger partial charge in [0, 0.05) is 19.0 Å². The number of nitrogens with one attached hydrogen (secondary N) is 1. The van der Waals surface area contributed by atoms with Crippen LogP contribution in [0.3, 0.4) is 0 Å². The van der Waals surface area contributed by atoms with Crippen molar-refractivity contribution in [1.82, 2.24) is 10.2 Å². The Labute approximate surface area is 116 Å². The van der Waals surface area contributed by atoms with Crippen LogP contribution < -0.4 is 5.32 Å². The van der Waals surface area contributed by atoms with E-state index in [2.05, 4.69) is 36.8 Å². The number of hydrogen-bond donors (Lipinski definition) is 2. The fraction of sp³-hybridized carbons (Fsp3) is 0.929. The van der Waals surface area contributed by atoms with Crippen LogP contribution >= 0.6 is 12.6 Å². The maximum Gasteiger partial charge on any atom is 0.217 e. The van der Waals surface area contributed by atoms with Crippen molar-refractivity contribution in [3.05, 3.63) is 0 Å². The van der Waals surface area contributed by atoms with Crippen LogP contribution in [0.2, 0.25) is 0 Å². The van der Waals surface area contributed by atoms with Crippen molar-refractivity contribution in [2.24, 2.45) is 11.8 Å². The third-order valence-electron chi connectivity index (χ3n) is 4.42. The van der Waals surface area contributed by atoms with E-state index in [-0.39, 0.29) is 11.3 Å². The predicted molar refractivity (Wildman–Crippen MR) is 77.7 cm³/mol. The Balaban J connectivity index is 1.86. The lowest BCUT2D eigenvalue weighted by molar-refractivity contribution is -0.119. The van der Waals surface area contributed by atoms with Gasteiger partial charge in [0.25, 0.3) is 0 Å². The molecule has 0 radical (unpaired) electrons. The van der Waals surface area contributed by atoms with Crippen LogP contribution in [0.4, 0.5) is 0 Å². The zero-order chi connectivity index (χ0) is 13.3. The maximum absolute atomic E-state index is 11.2. The minimum absolute atomic E-state index is 0.0186. The first-order chi connectivity index (χ1) is 8.49. The van der Waals surface area contributed by atoms with E-state index in [1.54, 1.807) is 6.92 Å². The fourth-order valence-corrected chi connectivity index (χ4v) is 3.37. The third-order valence-corrected chi connectivity index (χ3v) is 4.93. The summed E-state index contributed by atoms with van der Waals surface area (Å²) in [5.41, 5.74) is 0. The van der Waals surface area contributed by atoms with Crippen molar-refractivity contribution in [2.75, 3.05) is 7.05 Å². The van der Waals surface area contributed by atoms with Crippen LogP contribution in [-0.2, 0) is 4.79 Å². The second kappa shape index (κ2) is 5.83. The van der Waals surface area contributed by atoms with Gasteiger partial charge in [0.2, 0.25) is 5.91 Å². The number of amides is 1. The first-order valence-corrected chi connectivity index (χ1v) is 7.67. The molecule has 4 heteroatoms. The van der Waals surface area contributed by atoms with Gasteiger partial charge in [0.15, 0.2) is 0 Å². The van der Waals surface area contributed by atoms with Gasteiger partial charge >= 0.3 is 0 Å². The van der Waals surface area contributed by atoms with Gasteiger partial charge in [-0.25, -0.2) is 0 Å². The van der Waals surface area contributed by atoms with E-state index in [4.69, 9.17) is 0 Å². The summed E-state index contributed by atoms with van der Waals surface area (Å²) >= 11 is 4.60. The average molecular weight is 270 g/mol. The first kappa shape index (κ1) is 14.2. The molecule has 0 saturated heterocycles. The molecule has 18 heavy (non-hydrogen) atoms. The number of hydrogen-bond acceptors (Lipinski definition) is 3. The second-order valence-corrected chi connectivity index (χ2v) is 6.68. The zero-order valence-corrected chi connectivity index (χ0v) is 12.6. The molecule has 1 amide bonds. The SMILES string of the molecule is CC(=O)NC(S)C(CC(C)N(C)C1CC1)C1CC1. The summed E-state index contributed by atoms with van der Waals surface area (Å²) in [6, 6.07) is 1.39. The molecule has 3 atom stereocenters. The van der Waals surface area contributed by atoms with Crippen LogP contribution in [0.25, 0.3) is 0 Å². The highest BCUT2D eigenvalue weighted by Crippen LogP contribution is 2.42. The summed E-state index contributed by atoms with van der Waals surface area (Å²) in [6.07, 6.45) is 6.46. The Morgan fingerprint density at radius 2 is 2.00 bits per heavy atom. The Bertz CT molecular complexity index is 302. The molecule has 2 fully saturated rings. The molecule has 0 aliphatic heterocycles. The monoisotopic (exact) mass is 270 g/mol. The quantitative estimate of drug-likeness (QED) is 0.549. The van der Waals surface area contributed by atoms with Crippen molar-refractivity contribution in [1.29, 1.82) is 0 Å². The number of carbonyl (C=O) groups is 1. The normalized spacial score (nSPS) is 24.7. The zero-order valence-electron chi connectivity index (χ0n) is 11.7. The first-order valence-electron chi connectivity index (χ1n) is 7.16. The topological polar surface area (TPSA) is 32.3 Å². The molecular formula is C14H26N2OS. The summed E-state index contributed by atoms with van der Waals surface area (Å²) in [4.78, 5) is 13.7. The predicted octanol–water partition coefficient (Wildman–Crippen LogP) is 2.28. The van der Waals surface area contributed by atoms with Gasteiger partial charge in [-0.3, -0.25) is 4.79 Å². The summed E-state index contributed by atoms with van der Waals surface area (Å²) in [5, 5.41) is 2.98. The van der Waals surface area contributed by atoms with Gasteiger partial charge < -0.3 is 10.2 Å². The Morgan fingerprint density at radius 3 is 2.44 bits per heavy atom. The van der Waals surface area contributed by atoms with Crippen molar-refractivity contribution in [2.45, 2.75) is 63.4 Å². The van der Waals surface area contributed by atoms with Crippen LogP contribution in [0.5, 0.6) is 0 Å². The smallest absolute Gasteiger partial charge is 0.217 e. The van der Waals surface area contributed by atoms with Crippen LogP contribution in [-0.4, -0.2) is 35.3 Å². The number of carbonyl (C=O) groups excluding carboxylic acids is 1. The molecule has 3 nitrogen and oxygen atoms in total. The van der Waals surface area contributed by atoms with E-state index in [1.165, 1.54) is 25.7 Å². The molecule has 0 heterocycles. The van der Waals surface area contributed by atoms with Crippen molar-refractivity contribution >= 4 is 18.5 Å². The number of thiol groups is 1. The lowest BCUT2D eigenvalue weighted by Crippen LogP contribution is -2.40. The number of nitrogens with zero attached hydrogens (tertiary/aromatic N) is 1. The minimum atomic E-state index is 0.0186. The van der Waals surface area contributed by atoms with E-state index < -0.39 is 0 Å². The van der Waals surface area contributed by atoms with Gasteiger partial charge in [0.1, 0.15) is 0 Å². The largest absolute Gasteiger partial charge is 0.345 e. The van der Waals surface area contributed by atoms with Crippen molar-refractivity contribution in [3.63, 3.8) is 0 Å². The standard InChI is InChI=1S/C14H26N2OS/c1-9(16(3)12-6-7-12)8-13(11-4-5-11)14(18)15-10(2)17/h9,11-14,18H,4-8H2,1-3H3,(H,15,17). The number of rotatable bonds is 7. The Hall–Kier alpha value is -0.220. The second-order valence-electron chi connectivity index (χ2n) is 6.13. The molecule has 104 valence electrons. The molecular weight excluding hydrogens is 244 g/mol. The third kappa shape index (κ3) is 3.89. The lowest BCUT2D eigenvalue weighted by atomic mass is 9.94. The van der Waals surface area contributed by atoms with Gasteiger partial charge in [-0.15, -0.1) is 0 Å². The van der Waals surface area contributed by atoms with Gasteiger partial charge in [-0.05, 0) is 57.9 Å². The van der Waals surface area contributed by atoms with Crippen molar-refractivity contribution < 1.29 is 4.79 Å². The molecule has 0 spiro atoms. The van der Waals surface area contributed by atoms with E-state index in [0.29, 0.717) is 12.0 Å². The lowest BCUT2D eigenvalue weighted by Gasteiger charge is -2.31. The summed E-state index contributed by atoms with van der Waals surface area (Å²) < 4.78 is 0. The van der Waals surface area contributed by atoms with E-state index >= 15 is 0 Å². The van der Waals surface area contributed by atoms with Crippen LogP contribution in [0.1, 0.15) is 46.0 Å². The van der Waals surface area contributed by atoms with Gasteiger partial charge in [0.05, 0.1) is 5.37 Å². The molecule has 2 rings (SSSR count). The molecule has 0 aromatic heterocycles. The Kier molecular flexibility index (Phi) is 4.59. The minimum Gasteiger partial charge on any atom is -0.345 e. The molecule has 0 aromatic rings. The Morgan fingerprint density at radius 1 is 1.39 bits per heavy atom. The molecule has 3 unspecified atom stereocenters.